The van der Waals surface area contributed by atoms with Crippen LogP contribution in [0, 0.1) is 5.92 Å². The van der Waals surface area contributed by atoms with E-state index in [2.05, 4.69) is 9.47 Å². The normalized spacial score (nSPS) is 18.4. The summed E-state index contributed by atoms with van der Waals surface area (Å²) in [5.74, 6) is -2.69. The van der Waals surface area contributed by atoms with E-state index in [1.54, 1.807) is 0 Å². The van der Waals surface area contributed by atoms with Crippen LogP contribution < -0.4 is 0 Å². The van der Waals surface area contributed by atoms with Crippen molar-refractivity contribution >= 4 is 27.1 Å². The van der Waals surface area contributed by atoms with Crippen LogP contribution in [0.5, 0.6) is 0 Å². The number of ether oxygens (including phenoxy) is 2. The fourth-order valence-corrected chi connectivity index (χ4v) is 2.10. The van der Waals surface area contributed by atoms with Crippen molar-refractivity contribution in [2.45, 2.75) is 0 Å². The predicted molar refractivity (Wildman–Crippen MR) is 58.7 cm³/mol. The molecule has 0 spiro atoms. The second kappa shape index (κ2) is 5.44. The van der Waals surface area contributed by atoms with Crippen molar-refractivity contribution in [3.63, 3.8) is 0 Å². The highest BCUT2D eigenvalue weighted by atomic mass is 32.2. The van der Waals surface area contributed by atoms with Gasteiger partial charge in [-0.3, -0.25) is 4.79 Å². The van der Waals surface area contributed by atoms with Crippen molar-refractivity contribution in [2.24, 2.45) is 5.92 Å². The van der Waals surface area contributed by atoms with Crippen molar-refractivity contribution in [2.75, 3.05) is 14.2 Å². The van der Waals surface area contributed by atoms with Gasteiger partial charge in [0.2, 0.25) is 10.3 Å². The molecule has 1 rings (SSSR count). The molecule has 1 atom stereocenters. The van der Waals surface area contributed by atoms with Crippen molar-refractivity contribution in [1.29, 1.82) is 0 Å². The number of methoxy groups -OCH3 is 2. The van der Waals surface area contributed by atoms with Crippen LogP contribution in [0.15, 0.2) is 23.8 Å². The van der Waals surface area contributed by atoms with Gasteiger partial charge in [-0.05, 0) is 6.08 Å². The lowest BCUT2D eigenvalue weighted by Gasteiger charge is -2.15. The van der Waals surface area contributed by atoms with Crippen LogP contribution in [0.4, 0.5) is 0 Å². The summed E-state index contributed by atoms with van der Waals surface area (Å²) < 4.78 is 31.1. The van der Waals surface area contributed by atoms with Crippen molar-refractivity contribution < 1.29 is 27.5 Å². The SMILES string of the molecule is COC(=O)C1=CC=CC(C(=O)OC)C1=S(=O)=O. The van der Waals surface area contributed by atoms with Crippen LogP contribution >= 0.6 is 0 Å². The number of esters is 2. The maximum Gasteiger partial charge on any atom is 0.339 e. The van der Waals surface area contributed by atoms with Gasteiger partial charge >= 0.3 is 11.9 Å². The van der Waals surface area contributed by atoms with Crippen LogP contribution in [0.1, 0.15) is 0 Å². The molecule has 0 bridgehead atoms. The van der Waals surface area contributed by atoms with E-state index in [0.29, 0.717) is 0 Å². The molecule has 17 heavy (non-hydrogen) atoms. The van der Waals surface area contributed by atoms with Crippen LogP contribution in [-0.4, -0.2) is 39.4 Å². The van der Waals surface area contributed by atoms with Crippen LogP contribution in [0.25, 0.3) is 0 Å². The molecule has 0 aromatic rings. The molecule has 1 aliphatic carbocycles. The third-order valence-electron chi connectivity index (χ3n) is 2.15. The largest absolute Gasteiger partial charge is 0.468 e. The lowest BCUT2D eigenvalue weighted by molar-refractivity contribution is -0.141. The lowest BCUT2D eigenvalue weighted by atomic mass is 9.94. The minimum Gasteiger partial charge on any atom is -0.468 e. The van der Waals surface area contributed by atoms with E-state index in [-0.39, 0.29) is 10.4 Å². The first-order valence-corrected chi connectivity index (χ1v) is 5.61. The van der Waals surface area contributed by atoms with Gasteiger partial charge in [0.05, 0.1) is 19.8 Å². The third-order valence-corrected chi connectivity index (χ3v) is 2.99. The Balaban J connectivity index is 3.33. The molecule has 6 nitrogen and oxygen atoms in total. The molecule has 92 valence electrons. The number of carbonyl (C=O) groups is 2. The van der Waals surface area contributed by atoms with Crippen LogP contribution in [0.3, 0.4) is 0 Å². The Hall–Kier alpha value is -1.89. The molecule has 1 aliphatic rings. The van der Waals surface area contributed by atoms with Crippen molar-refractivity contribution in [3.8, 4) is 0 Å². The summed E-state index contributed by atoms with van der Waals surface area (Å²) in [6, 6.07) is 0. The Morgan fingerprint density at radius 2 is 1.88 bits per heavy atom. The Labute approximate surface area is 99.0 Å². The summed E-state index contributed by atoms with van der Waals surface area (Å²) in [6.45, 7) is 0. The average molecular weight is 258 g/mol. The first-order valence-electron chi connectivity index (χ1n) is 4.54. The van der Waals surface area contributed by atoms with Gasteiger partial charge in [0, 0.05) is 0 Å². The van der Waals surface area contributed by atoms with Gasteiger partial charge in [0.1, 0.15) is 10.8 Å². The Bertz CT molecular complexity index is 529. The summed E-state index contributed by atoms with van der Waals surface area (Å²) in [7, 11) is -0.450. The molecule has 0 amide bonds. The standard InChI is InChI=1S/C10H10O6S/c1-15-9(11)6-4-3-5-7(10(12)16-2)8(6)17(13)14/h3-6H,1-2H3. The quantitative estimate of drug-likeness (QED) is 0.490. The summed E-state index contributed by atoms with van der Waals surface area (Å²) in [5, 5.41) is 0. The highest BCUT2D eigenvalue weighted by Crippen LogP contribution is 2.18. The smallest absolute Gasteiger partial charge is 0.339 e. The summed E-state index contributed by atoms with van der Waals surface area (Å²) in [4.78, 5) is 22.4. The van der Waals surface area contributed by atoms with Crippen molar-refractivity contribution in [3.05, 3.63) is 23.8 Å². The Morgan fingerprint density at radius 1 is 1.24 bits per heavy atom. The van der Waals surface area contributed by atoms with Gasteiger partial charge in [-0.1, -0.05) is 12.2 Å². The predicted octanol–water partition coefficient (Wildman–Crippen LogP) is -0.504. The molecular formula is C10H10O6S. The molecule has 0 fully saturated rings. The van der Waals surface area contributed by atoms with Crippen LogP contribution in [-0.2, 0) is 29.4 Å². The average Bonchev–Trinajstić information content (AvgIpc) is 2.35. The minimum atomic E-state index is -2.71. The van der Waals surface area contributed by atoms with Gasteiger partial charge < -0.3 is 9.47 Å². The van der Waals surface area contributed by atoms with Crippen molar-refractivity contribution in [1.82, 2.24) is 0 Å². The number of carbonyl (C=O) groups excluding carboxylic acids is 2. The summed E-state index contributed by atoms with van der Waals surface area (Å²) >= 11 is 0. The van der Waals surface area contributed by atoms with Gasteiger partial charge in [0.15, 0.2) is 0 Å². The first-order chi connectivity index (χ1) is 8.02. The van der Waals surface area contributed by atoms with E-state index in [1.807, 2.05) is 0 Å². The Kier molecular flexibility index (Phi) is 4.22. The molecule has 0 saturated carbocycles. The molecular weight excluding hydrogens is 248 g/mol. The summed E-state index contributed by atoms with van der Waals surface area (Å²) in [5.41, 5.74) is -0.168. The maximum absolute atomic E-state index is 11.4. The van der Waals surface area contributed by atoms with Crippen LogP contribution in [0.2, 0.25) is 0 Å². The first kappa shape index (κ1) is 13.2. The van der Waals surface area contributed by atoms with E-state index in [1.165, 1.54) is 18.2 Å². The molecule has 0 aliphatic heterocycles. The molecule has 0 aromatic carbocycles. The second-order valence-corrected chi connectivity index (χ2v) is 3.97. The van der Waals surface area contributed by atoms with Gasteiger partial charge in [-0.25, -0.2) is 4.79 Å². The third kappa shape index (κ3) is 2.62. The number of allylic oxidation sites excluding steroid dienone is 2. The van der Waals surface area contributed by atoms with Gasteiger partial charge in [0.25, 0.3) is 0 Å². The van der Waals surface area contributed by atoms with E-state index in [9.17, 15) is 18.0 Å². The van der Waals surface area contributed by atoms with E-state index in [0.717, 1.165) is 14.2 Å². The lowest BCUT2D eigenvalue weighted by Crippen LogP contribution is -2.30. The summed E-state index contributed by atoms with van der Waals surface area (Å²) in [6.07, 6.45) is 4.02. The maximum atomic E-state index is 11.4. The van der Waals surface area contributed by atoms with E-state index < -0.39 is 28.1 Å². The minimum absolute atomic E-state index is 0.168. The van der Waals surface area contributed by atoms with Gasteiger partial charge in [-0.2, -0.15) is 8.42 Å². The molecule has 0 heterocycles. The molecule has 7 heteroatoms. The molecule has 1 unspecified atom stereocenters. The molecule has 0 N–H and O–H groups in total. The van der Waals surface area contributed by atoms with E-state index in [4.69, 9.17) is 0 Å². The molecule has 0 aromatic heterocycles. The second-order valence-electron chi connectivity index (χ2n) is 3.06. The monoisotopic (exact) mass is 258 g/mol. The zero-order valence-electron chi connectivity index (χ0n) is 9.17. The highest BCUT2D eigenvalue weighted by molar-refractivity contribution is 7.73. The zero-order valence-corrected chi connectivity index (χ0v) is 9.98. The number of hydrogen-bond acceptors (Lipinski definition) is 6. The topological polar surface area (TPSA) is 86.7 Å². The highest BCUT2D eigenvalue weighted by Gasteiger charge is 2.32. The fraction of sp³-hybridized carbons (Fsp3) is 0.300. The number of rotatable bonds is 2. The number of hydrogen-bond donors (Lipinski definition) is 0. The van der Waals surface area contributed by atoms with Gasteiger partial charge in [-0.15, -0.1) is 0 Å². The molecule has 0 radical (unpaired) electrons. The Morgan fingerprint density at radius 3 is 2.35 bits per heavy atom. The fourth-order valence-electron chi connectivity index (χ4n) is 1.38. The zero-order chi connectivity index (χ0) is 13.0. The van der Waals surface area contributed by atoms with E-state index >= 15 is 0 Å². The molecule has 0 saturated heterocycles.